The second-order valence-electron chi connectivity index (χ2n) is 6.73. The van der Waals surface area contributed by atoms with Crippen molar-refractivity contribution in [3.8, 4) is 6.07 Å². The molecule has 5 nitrogen and oxygen atoms in total. The number of nitrogens with one attached hydrogen (secondary N) is 1. The van der Waals surface area contributed by atoms with Crippen LogP contribution in [-0.2, 0) is 23.1 Å². The van der Waals surface area contributed by atoms with Crippen LogP contribution >= 0.6 is 0 Å². The van der Waals surface area contributed by atoms with Gasteiger partial charge < -0.3 is 0 Å². The lowest BCUT2D eigenvalue weighted by atomic mass is 10.1. The van der Waals surface area contributed by atoms with Crippen LogP contribution in [0.1, 0.15) is 43.4 Å². The molecule has 2 aromatic carbocycles. The summed E-state index contributed by atoms with van der Waals surface area (Å²) < 4.78 is 28.1. The fourth-order valence-electron chi connectivity index (χ4n) is 3.37. The molecule has 1 N–H and O–H groups in total. The van der Waals surface area contributed by atoms with Crippen LogP contribution in [0.25, 0.3) is 0 Å². The molecule has 3 rings (SSSR count). The molecule has 0 saturated carbocycles. The third kappa shape index (κ3) is 3.74. The van der Waals surface area contributed by atoms with Crippen LogP contribution in [0, 0.1) is 11.3 Å². The molecule has 0 fully saturated rings. The smallest absolute Gasteiger partial charge is 0.261 e. The molecule has 6 heteroatoms. The Morgan fingerprint density at radius 1 is 1.19 bits per heavy atom. The van der Waals surface area contributed by atoms with E-state index in [2.05, 4.69) is 29.5 Å². The summed E-state index contributed by atoms with van der Waals surface area (Å²) in [4.78, 5) is 2.54. The van der Waals surface area contributed by atoms with Crippen molar-refractivity contribution >= 4 is 15.7 Å². The predicted octanol–water partition coefficient (Wildman–Crippen LogP) is 3.86. The van der Waals surface area contributed by atoms with Gasteiger partial charge in [0.2, 0.25) is 0 Å². The highest BCUT2D eigenvalue weighted by atomic mass is 32.2. The van der Waals surface area contributed by atoms with Crippen molar-refractivity contribution in [1.29, 1.82) is 5.26 Å². The lowest BCUT2D eigenvalue weighted by molar-refractivity contribution is 0.202. The zero-order valence-electron chi connectivity index (χ0n) is 15.1. The first-order valence-electron chi connectivity index (χ1n) is 8.82. The fourth-order valence-corrected chi connectivity index (χ4v) is 4.46. The van der Waals surface area contributed by atoms with Gasteiger partial charge >= 0.3 is 0 Å². The van der Waals surface area contributed by atoms with Crippen LogP contribution in [-0.4, -0.2) is 19.4 Å². The molecule has 0 saturated heterocycles. The van der Waals surface area contributed by atoms with Crippen LogP contribution < -0.4 is 4.72 Å². The molecule has 0 spiro atoms. The number of anilines is 1. The Labute approximate surface area is 155 Å². The summed E-state index contributed by atoms with van der Waals surface area (Å²) in [6.07, 6.45) is 2.26. The van der Waals surface area contributed by atoms with E-state index in [-0.39, 0.29) is 4.90 Å². The Kier molecular flexibility index (Phi) is 5.30. The highest BCUT2D eigenvalue weighted by Gasteiger charge is 2.26. The quantitative estimate of drug-likeness (QED) is 0.839. The van der Waals surface area contributed by atoms with E-state index in [1.165, 1.54) is 29.8 Å². The zero-order valence-corrected chi connectivity index (χ0v) is 15.9. The Hall–Kier alpha value is -2.36. The largest absolute Gasteiger partial charge is 0.292 e. The van der Waals surface area contributed by atoms with Gasteiger partial charge in [0.15, 0.2) is 0 Å². The molecule has 1 unspecified atom stereocenters. The fraction of sp³-hybridized carbons (Fsp3) is 0.350. The first kappa shape index (κ1) is 18.4. The van der Waals surface area contributed by atoms with Gasteiger partial charge in [0.05, 0.1) is 22.2 Å². The van der Waals surface area contributed by atoms with E-state index in [0.29, 0.717) is 17.3 Å². The second-order valence-corrected chi connectivity index (χ2v) is 8.41. The van der Waals surface area contributed by atoms with Gasteiger partial charge in [0.1, 0.15) is 0 Å². The van der Waals surface area contributed by atoms with Crippen molar-refractivity contribution in [2.24, 2.45) is 0 Å². The van der Waals surface area contributed by atoms with Crippen molar-refractivity contribution in [2.75, 3.05) is 4.72 Å². The van der Waals surface area contributed by atoms with E-state index in [1.54, 1.807) is 0 Å². The van der Waals surface area contributed by atoms with E-state index in [9.17, 15) is 8.42 Å². The van der Waals surface area contributed by atoms with E-state index in [4.69, 9.17) is 5.26 Å². The summed E-state index contributed by atoms with van der Waals surface area (Å²) in [6.45, 7) is 6.00. The summed E-state index contributed by atoms with van der Waals surface area (Å²) in [5, 5.41) is 8.86. The summed E-state index contributed by atoms with van der Waals surface area (Å²) in [5.74, 6) is 0. The van der Waals surface area contributed by atoms with Crippen LogP contribution in [0.2, 0.25) is 0 Å². The van der Waals surface area contributed by atoms with E-state index in [0.717, 1.165) is 31.5 Å². The average Bonchev–Trinajstić information content (AvgIpc) is 3.07. The van der Waals surface area contributed by atoms with Gasteiger partial charge in [-0.05, 0) is 54.8 Å². The molecule has 2 aromatic rings. The second kappa shape index (κ2) is 7.48. The average molecular weight is 369 g/mol. The summed E-state index contributed by atoms with van der Waals surface area (Å²) in [7, 11) is -3.69. The standard InChI is InChI=1S/C20H23N3O2S/c1-3-5-15(2)23-13-17-6-4-7-20(19(17)14-23)22-26(24,25)18-10-8-16(12-21)9-11-18/h4,6-11,15,22H,3,5,13-14H2,1-2H3. The number of nitriles is 1. The van der Waals surface area contributed by atoms with Gasteiger partial charge in [0, 0.05) is 19.1 Å². The highest BCUT2D eigenvalue weighted by Crippen LogP contribution is 2.32. The van der Waals surface area contributed by atoms with Crippen LogP contribution in [0.15, 0.2) is 47.4 Å². The van der Waals surface area contributed by atoms with E-state index in [1.807, 2.05) is 18.2 Å². The topological polar surface area (TPSA) is 73.2 Å². The van der Waals surface area contributed by atoms with Crippen molar-refractivity contribution < 1.29 is 8.42 Å². The molecule has 136 valence electrons. The van der Waals surface area contributed by atoms with Gasteiger partial charge in [-0.1, -0.05) is 25.5 Å². The van der Waals surface area contributed by atoms with Gasteiger partial charge in [-0.15, -0.1) is 0 Å². The lowest BCUT2D eigenvalue weighted by Gasteiger charge is -2.23. The third-order valence-electron chi connectivity index (χ3n) is 4.88. The molecular formula is C20H23N3O2S. The molecular weight excluding hydrogens is 346 g/mol. The maximum Gasteiger partial charge on any atom is 0.261 e. The Morgan fingerprint density at radius 3 is 2.58 bits per heavy atom. The highest BCUT2D eigenvalue weighted by molar-refractivity contribution is 7.92. The number of nitrogens with zero attached hydrogens (tertiary/aromatic N) is 2. The first-order chi connectivity index (χ1) is 12.4. The summed E-state index contributed by atoms with van der Waals surface area (Å²) >= 11 is 0. The number of benzene rings is 2. The van der Waals surface area contributed by atoms with Crippen molar-refractivity contribution in [3.63, 3.8) is 0 Å². The molecule has 1 atom stereocenters. The Morgan fingerprint density at radius 2 is 1.92 bits per heavy atom. The number of sulfonamides is 1. The number of hydrogen-bond donors (Lipinski definition) is 1. The number of rotatable bonds is 6. The van der Waals surface area contributed by atoms with Gasteiger partial charge in [0.25, 0.3) is 10.0 Å². The maximum atomic E-state index is 12.7. The van der Waals surface area contributed by atoms with Crippen molar-refractivity contribution in [1.82, 2.24) is 4.90 Å². The SMILES string of the molecule is CCCC(C)N1Cc2cccc(NS(=O)(=O)c3ccc(C#N)cc3)c2C1. The van der Waals surface area contributed by atoms with E-state index >= 15 is 0 Å². The Bertz CT molecular complexity index is 931. The normalized spacial score (nSPS) is 15.3. The molecule has 0 amide bonds. The number of hydrogen-bond acceptors (Lipinski definition) is 4. The van der Waals surface area contributed by atoms with Crippen LogP contribution in [0.5, 0.6) is 0 Å². The van der Waals surface area contributed by atoms with Gasteiger partial charge in [-0.3, -0.25) is 9.62 Å². The molecule has 1 aliphatic rings. The molecule has 0 bridgehead atoms. The van der Waals surface area contributed by atoms with Gasteiger partial charge in [-0.2, -0.15) is 5.26 Å². The molecule has 0 radical (unpaired) electrons. The monoisotopic (exact) mass is 369 g/mol. The van der Waals surface area contributed by atoms with E-state index < -0.39 is 10.0 Å². The minimum Gasteiger partial charge on any atom is -0.292 e. The van der Waals surface area contributed by atoms with Crippen molar-refractivity contribution in [3.05, 3.63) is 59.2 Å². The number of fused-ring (bicyclic) bond motifs is 1. The summed E-state index contributed by atoms with van der Waals surface area (Å²) in [6, 6.07) is 14.2. The zero-order chi connectivity index (χ0) is 18.7. The maximum absolute atomic E-state index is 12.7. The van der Waals surface area contributed by atoms with Crippen LogP contribution in [0.3, 0.4) is 0 Å². The minimum absolute atomic E-state index is 0.156. The minimum atomic E-state index is -3.69. The first-order valence-corrected chi connectivity index (χ1v) is 10.3. The predicted molar refractivity (Wildman–Crippen MR) is 102 cm³/mol. The van der Waals surface area contributed by atoms with Gasteiger partial charge in [-0.25, -0.2) is 8.42 Å². The summed E-state index contributed by atoms with van der Waals surface area (Å²) in [5.41, 5.74) is 3.30. The molecule has 0 aliphatic carbocycles. The lowest BCUT2D eigenvalue weighted by Crippen LogP contribution is -2.27. The molecule has 1 heterocycles. The molecule has 0 aromatic heterocycles. The Balaban J connectivity index is 1.84. The molecule has 26 heavy (non-hydrogen) atoms. The third-order valence-corrected chi connectivity index (χ3v) is 6.26. The molecule has 1 aliphatic heterocycles. The van der Waals surface area contributed by atoms with Crippen molar-refractivity contribution in [2.45, 2.75) is 50.7 Å². The van der Waals surface area contributed by atoms with Crippen LogP contribution in [0.4, 0.5) is 5.69 Å².